The zero-order valence-corrected chi connectivity index (χ0v) is 26.0. The molecule has 46 heavy (non-hydrogen) atoms. The Bertz CT molecular complexity index is 1690. The minimum atomic E-state index is -1.16. The van der Waals surface area contributed by atoms with E-state index in [0.717, 1.165) is 38.9 Å². The predicted octanol–water partition coefficient (Wildman–Crippen LogP) is 6.08. The molecule has 5 aromatic rings. The number of benzene rings is 5. The van der Waals surface area contributed by atoms with Gasteiger partial charge in [-0.3, -0.25) is 9.59 Å². The summed E-state index contributed by atoms with van der Waals surface area (Å²) in [6.07, 6.45) is 0. The molecule has 0 radical (unpaired) electrons. The number of hydrogen-bond donors (Lipinski definition) is 2. The standard InChI is InChI=1S/C39H34N2O4S/c40-24-36(42)41-35(37(43)38(44)45-25-34-32-22-12-10-20-30(32)31-21-11-13-23-33(31)34)26-46-39(27-14-4-1-5-15-27,28-16-6-2-7-17-28)29-18-8-3-9-19-29/h1-23,34-35H,24-26,40H2,(H,41,42)/t35-/m0/s1. The highest BCUT2D eigenvalue weighted by atomic mass is 32.2. The molecule has 230 valence electrons. The largest absolute Gasteiger partial charge is 0.459 e. The van der Waals surface area contributed by atoms with Crippen LogP contribution in [0.25, 0.3) is 11.1 Å². The Hall–Kier alpha value is -4.98. The number of rotatable bonds is 12. The molecule has 7 heteroatoms. The number of Topliss-reactive ketones (excluding diaryl/α,β-unsaturated/α-hetero) is 1. The van der Waals surface area contributed by atoms with Gasteiger partial charge >= 0.3 is 5.97 Å². The van der Waals surface area contributed by atoms with E-state index in [4.69, 9.17) is 10.5 Å². The summed E-state index contributed by atoms with van der Waals surface area (Å²) < 4.78 is 4.95. The van der Waals surface area contributed by atoms with E-state index in [0.29, 0.717) is 0 Å². The monoisotopic (exact) mass is 626 g/mol. The molecular weight excluding hydrogens is 593 g/mol. The molecule has 1 aliphatic carbocycles. The van der Waals surface area contributed by atoms with Crippen molar-refractivity contribution in [2.45, 2.75) is 16.7 Å². The Morgan fingerprint density at radius 3 is 1.57 bits per heavy atom. The molecule has 0 heterocycles. The minimum absolute atomic E-state index is 0.00524. The van der Waals surface area contributed by atoms with Crippen LogP contribution in [0, 0.1) is 0 Å². The first-order valence-corrected chi connectivity index (χ1v) is 16.2. The van der Waals surface area contributed by atoms with Crippen molar-refractivity contribution in [1.29, 1.82) is 0 Å². The molecule has 1 aliphatic rings. The Kier molecular flexibility index (Phi) is 9.43. The summed E-state index contributed by atoms with van der Waals surface area (Å²) >= 11 is 1.48. The van der Waals surface area contributed by atoms with Crippen molar-refractivity contribution >= 4 is 29.4 Å². The summed E-state index contributed by atoms with van der Waals surface area (Å²) in [5.74, 6) is -2.45. The SMILES string of the molecule is NCC(=O)N[C@@H](CSC(c1ccccc1)(c1ccccc1)c1ccccc1)C(=O)C(=O)OCC1c2ccccc2-c2ccccc21. The normalized spacial score (nSPS) is 12.9. The number of nitrogens with one attached hydrogen (secondary N) is 1. The third-order valence-electron chi connectivity index (χ3n) is 8.39. The molecule has 3 N–H and O–H groups in total. The van der Waals surface area contributed by atoms with Gasteiger partial charge in [-0.1, -0.05) is 140 Å². The van der Waals surface area contributed by atoms with Crippen LogP contribution in [0.15, 0.2) is 140 Å². The fourth-order valence-corrected chi connectivity index (χ4v) is 7.78. The van der Waals surface area contributed by atoms with Crippen LogP contribution < -0.4 is 11.1 Å². The van der Waals surface area contributed by atoms with Crippen LogP contribution in [0.1, 0.15) is 33.7 Å². The maximum absolute atomic E-state index is 13.8. The van der Waals surface area contributed by atoms with Crippen molar-refractivity contribution in [3.8, 4) is 11.1 Å². The van der Waals surface area contributed by atoms with E-state index in [1.54, 1.807) is 0 Å². The molecule has 0 saturated carbocycles. The molecule has 0 spiro atoms. The molecule has 0 saturated heterocycles. The van der Waals surface area contributed by atoms with Crippen LogP contribution in [0.4, 0.5) is 0 Å². The van der Waals surface area contributed by atoms with Crippen molar-refractivity contribution in [3.63, 3.8) is 0 Å². The summed E-state index contributed by atoms with van der Waals surface area (Å²) in [5.41, 5.74) is 12.9. The third-order valence-corrected chi connectivity index (χ3v) is 10.0. The van der Waals surface area contributed by atoms with Gasteiger partial charge in [0.15, 0.2) is 0 Å². The lowest BCUT2D eigenvalue weighted by Gasteiger charge is -2.36. The van der Waals surface area contributed by atoms with Crippen molar-refractivity contribution in [1.82, 2.24) is 5.32 Å². The number of fused-ring (bicyclic) bond motifs is 3. The highest BCUT2D eigenvalue weighted by Gasteiger charge is 2.40. The number of hydrogen-bond acceptors (Lipinski definition) is 6. The van der Waals surface area contributed by atoms with Crippen LogP contribution in [-0.2, 0) is 23.9 Å². The van der Waals surface area contributed by atoms with E-state index in [-0.39, 0.29) is 24.8 Å². The molecule has 5 aromatic carbocycles. The summed E-state index contributed by atoms with van der Waals surface area (Å²) in [7, 11) is 0. The van der Waals surface area contributed by atoms with E-state index in [9.17, 15) is 14.4 Å². The summed E-state index contributed by atoms with van der Waals surface area (Å²) in [6, 6.07) is 44.9. The third kappa shape index (κ3) is 6.12. The zero-order chi connectivity index (χ0) is 31.9. The van der Waals surface area contributed by atoms with Crippen molar-refractivity contribution in [3.05, 3.63) is 167 Å². The van der Waals surface area contributed by atoms with Gasteiger partial charge in [0.2, 0.25) is 5.91 Å². The summed E-state index contributed by atoms with van der Waals surface area (Å²) in [4.78, 5) is 39.8. The molecule has 0 bridgehead atoms. The quantitative estimate of drug-likeness (QED) is 0.0990. The van der Waals surface area contributed by atoms with Gasteiger partial charge in [-0.2, -0.15) is 0 Å². The zero-order valence-electron chi connectivity index (χ0n) is 25.2. The van der Waals surface area contributed by atoms with Crippen LogP contribution in [-0.4, -0.2) is 42.6 Å². The highest BCUT2D eigenvalue weighted by molar-refractivity contribution is 8.00. The fourth-order valence-electron chi connectivity index (χ4n) is 6.22. The molecule has 1 amide bonds. The molecule has 1 atom stereocenters. The Labute approximate surface area is 273 Å². The summed E-state index contributed by atoms with van der Waals surface area (Å²) in [5, 5.41) is 2.70. The lowest BCUT2D eigenvalue weighted by molar-refractivity contribution is -0.155. The van der Waals surface area contributed by atoms with E-state index < -0.39 is 28.4 Å². The van der Waals surface area contributed by atoms with Gasteiger partial charge in [-0.05, 0) is 38.9 Å². The second kappa shape index (κ2) is 14.0. The van der Waals surface area contributed by atoms with Gasteiger partial charge in [-0.15, -0.1) is 11.8 Å². The maximum atomic E-state index is 13.8. The van der Waals surface area contributed by atoms with Gasteiger partial charge in [0.25, 0.3) is 5.78 Å². The molecular formula is C39H34N2O4S. The number of carbonyl (C=O) groups is 3. The topological polar surface area (TPSA) is 98.5 Å². The summed E-state index contributed by atoms with van der Waals surface area (Å²) in [6.45, 7) is -0.314. The van der Waals surface area contributed by atoms with E-state index in [1.807, 2.05) is 127 Å². The number of esters is 1. The molecule has 6 rings (SSSR count). The lowest BCUT2D eigenvalue weighted by Crippen LogP contribution is -2.48. The number of carbonyl (C=O) groups excluding carboxylic acids is 3. The fraction of sp³-hybridized carbons (Fsp3) is 0.154. The first-order chi connectivity index (χ1) is 22.5. The van der Waals surface area contributed by atoms with Crippen LogP contribution in [0.3, 0.4) is 0 Å². The van der Waals surface area contributed by atoms with Gasteiger partial charge in [0, 0.05) is 11.7 Å². The molecule has 0 aromatic heterocycles. The average molecular weight is 627 g/mol. The van der Waals surface area contributed by atoms with Crippen molar-refractivity contribution in [2.24, 2.45) is 5.73 Å². The number of ketones is 1. The number of ether oxygens (including phenoxy) is 1. The lowest BCUT2D eigenvalue weighted by atomic mass is 9.84. The van der Waals surface area contributed by atoms with E-state index >= 15 is 0 Å². The first kappa shape index (κ1) is 31.0. The van der Waals surface area contributed by atoms with Crippen LogP contribution >= 0.6 is 11.8 Å². The van der Waals surface area contributed by atoms with Crippen molar-refractivity contribution in [2.75, 3.05) is 18.9 Å². The smallest absolute Gasteiger partial charge is 0.376 e. The Morgan fingerprint density at radius 2 is 1.11 bits per heavy atom. The molecule has 0 fully saturated rings. The Morgan fingerprint density at radius 1 is 0.674 bits per heavy atom. The molecule has 0 aliphatic heterocycles. The van der Waals surface area contributed by atoms with E-state index in [1.165, 1.54) is 11.8 Å². The van der Waals surface area contributed by atoms with Gasteiger partial charge in [-0.25, -0.2) is 4.79 Å². The Balaban J connectivity index is 1.28. The average Bonchev–Trinajstić information content (AvgIpc) is 3.44. The van der Waals surface area contributed by atoms with Crippen LogP contribution in [0.5, 0.6) is 0 Å². The van der Waals surface area contributed by atoms with Crippen LogP contribution in [0.2, 0.25) is 0 Å². The number of nitrogens with two attached hydrogens (primary N) is 1. The van der Waals surface area contributed by atoms with Gasteiger partial charge < -0.3 is 15.8 Å². The van der Waals surface area contributed by atoms with Crippen molar-refractivity contribution < 1.29 is 19.1 Å². The van der Waals surface area contributed by atoms with Gasteiger partial charge in [0.1, 0.15) is 12.6 Å². The molecule has 6 nitrogen and oxygen atoms in total. The van der Waals surface area contributed by atoms with Gasteiger partial charge in [0.05, 0.1) is 11.3 Å². The molecule has 0 unspecified atom stereocenters. The number of amides is 1. The second-order valence-corrected chi connectivity index (χ2v) is 12.3. The second-order valence-electron chi connectivity index (χ2n) is 11.1. The van der Waals surface area contributed by atoms with E-state index in [2.05, 4.69) is 17.4 Å². The predicted molar refractivity (Wildman–Crippen MR) is 182 cm³/mol. The maximum Gasteiger partial charge on any atom is 0.376 e. The minimum Gasteiger partial charge on any atom is -0.459 e. The first-order valence-electron chi connectivity index (χ1n) is 15.2. The number of thioether (sulfide) groups is 1. The highest BCUT2D eigenvalue weighted by Crippen LogP contribution is 2.49.